The number of hydrogen-bond donors (Lipinski definition) is 0. The van der Waals surface area contributed by atoms with Gasteiger partial charge >= 0.3 is 0 Å². The highest BCUT2D eigenvalue weighted by molar-refractivity contribution is 5.63. The number of nitriles is 1. The Hall–Kier alpha value is -1.88. The Bertz CT molecular complexity index is 680. The van der Waals surface area contributed by atoms with Crippen molar-refractivity contribution in [1.82, 2.24) is 0 Å². The molecule has 0 atom stereocenters. The molecule has 1 aromatic carbocycles. The molecule has 0 aromatic heterocycles. The van der Waals surface area contributed by atoms with E-state index in [9.17, 15) is 4.79 Å². The maximum Gasteiger partial charge on any atom is 0.129 e. The summed E-state index contributed by atoms with van der Waals surface area (Å²) < 4.78 is 0. The average molecular weight is 378 g/mol. The van der Waals surface area contributed by atoms with E-state index in [-0.39, 0.29) is 5.41 Å². The zero-order valence-corrected chi connectivity index (χ0v) is 17.4. The molecular weight excluding hydrogens is 342 g/mol. The number of aryl methyl sites for hydroxylation is 1. The van der Waals surface area contributed by atoms with Gasteiger partial charge in [0.25, 0.3) is 0 Å². The van der Waals surface area contributed by atoms with Crippen molar-refractivity contribution < 1.29 is 4.79 Å². The van der Waals surface area contributed by atoms with Gasteiger partial charge in [0, 0.05) is 11.5 Å². The van der Waals surface area contributed by atoms with Crippen molar-refractivity contribution >= 4 is 6.29 Å². The van der Waals surface area contributed by atoms with Crippen molar-refractivity contribution in [2.24, 2.45) is 17.3 Å². The molecule has 3 rings (SSSR count). The first-order valence-electron chi connectivity index (χ1n) is 11.3. The molecule has 0 spiro atoms. The van der Waals surface area contributed by atoms with Crippen molar-refractivity contribution in [1.29, 1.82) is 5.26 Å². The highest BCUT2D eigenvalue weighted by atomic mass is 16.1. The highest BCUT2D eigenvalue weighted by Crippen LogP contribution is 2.47. The lowest BCUT2D eigenvalue weighted by Gasteiger charge is -2.40. The second-order valence-electron chi connectivity index (χ2n) is 9.11. The molecule has 0 amide bonds. The second kappa shape index (κ2) is 10.1. The van der Waals surface area contributed by atoms with Gasteiger partial charge in [-0.1, -0.05) is 43.7 Å². The SMILES string of the molecule is CCCCc1ccc([C@H]2CC[C@H]([C@H]3CC[C@](C=O)(C=CC#N)CC3)CC2)cc1. The summed E-state index contributed by atoms with van der Waals surface area (Å²) in [5.41, 5.74) is 2.64. The van der Waals surface area contributed by atoms with Gasteiger partial charge in [-0.15, -0.1) is 0 Å². The van der Waals surface area contributed by atoms with Crippen LogP contribution in [0.3, 0.4) is 0 Å². The third-order valence-electron chi connectivity index (χ3n) is 7.39. The van der Waals surface area contributed by atoms with E-state index in [2.05, 4.69) is 31.2 Å². The van der Waals surface area contributed by atoms with Crippen LogP contribution in [0.2, 0.25) is 0 Å². The molecule has 0 aliphatic heterocycles. The van der Waals surface area contributed by atoms with Gasteiger partial charge in [0.15, 0.2) is 0 Å². The fourth-order valence-electron chi connectivity index (χ4n) is 5.44. The number of carbonyl (C=O) groups excluding carboxylic acids is 1. The first-order chi connectivity index (χ1) is 13.7. The molecule has 0 saturated heterocycles. The molecule has 1 aromatic rings. The van der Waals surface area contributed by atoms with E-state index in [1.165, 1.54) is 62.1 Å². The molecule has 0 radical (unpaired) electrons. The normalized spacial score (nSPS) is 30.8. The molecular formula is C26H35NO. The van der Waals surface area contributed by atoms with Crippen molar-refractivity contribution in [2.45, 2.75) is 83.5 Å². The van der Waals surface area contributed by atoms with Crippen LogP contribution in [-0.2, 0) is 11.2 Å². The Morgan fingerprint density at radius 1 is 1.04 bits per heavy atom. The molecule has 28 heavy (non-hydrogen) atoms. The standard InChI is InChI=1S/C26H35NO/c1-2-3-5-21-6-8-22(9-7-21)23-10-12-24(13-11-23)25-14-17-26(20-28,18-15-25)16-4-19-27/h4,6-9,16,20,23-25H,2-3,5,10-15,17-18H2,1H3/t23-,24-,25-,26+. The Morgan fingerprint density at radius 2 is 1.68 bits per heavy atom. The molecule has 2 saturated carbocycles. The maximum atomic E-state index is 11.6. The summed E-state index contributed by atoms with van der Waals surface area (Å²) in [5.74, 6) is 2.32. The fraction of sp³-hybridized carbons (Fsp3) is 0.615. The minimum atomic E-state index is -0.372. The predicted octanol–water partition coefficient (Wildman–Crippen LogP) is 6.76. The minimum absolute atomic E-state index is 0.372. The molecule has 2 aliphatic carbocycles. The fourth-order valence-corrected chi connectivity index (χ4v) is 5.44. The van der Waals surface area contributed by atoms with Gasteiger partial charge in [-0.3, -0.25) is 0 Å². The number of aldehydes is 1. The number of carbonyl (C=O) groups is 1. The Balaban J connectivity index is 1.49. The molecule has 0 bridgehead atoms. The summed E-state index contributed by atoms with van der Waals surface area (Å²) in [4.78, 5) is 11.6. The second-order valence-corrected chi connectivity index (χ2v) is 9.11. The Kier molecular flexibility index (Phi) is 7.49. The minimum Gasteiger partial charge on any atom is -0.302 e. The monoisotopic (exact) mass is 377 g/mol. The average Bonchev–Trinajstić information content (AvgIpc) is 2.77. The quantitative estimate of drug-likeness (QED) is 0.389. The van der Waals surface area contributed by atoms with Gasteiger partial charge in [-0.05, 0) is 93.1 Å². The first kappa shape index (κ1) is 20.8. The van der Waals surface area contributed by atoms with Crippen LogP contribution in [0.25, 0.3) is 0 Å². The molecule has 2 nitrogen and oxygen atoms in total. The lowest BCUT2D eigenvalue weighted by molar-refractivity contribution is -0.116. The van der Waals surface area contributed by atoms with Gasteiger partial charge in [0.2, 0.25) is 0 Å². The van der Waals surface area contributed by atoms with Crippen molar-refractivity contribution in [3.8, 4) is 6.07 Å². The number of hydrogen-bond acceptors (Lipinski definition) is 2. The number of unbranched alkanes of at least 4 members (excludes halogenated alkanes) is 1. The van der Waals surface area contributed by atoms with Crippen molar-refractivity contribution in [2.75, 3.05) is 0 Å². The molecule has 150 valence electrons. The van der Waals surface area contributed by atoms with Gasteiger partial charge in [0.05, 0.1) is 6.07 Å². The van der Waals surface area contributed by atoms with Crippen LogP contribution in [-0.4, -0.2) is 6.29 Å². The Labute approximate surface area is 171 Å². The summed E-state index contributed by atoms with van der Waals surface area (Å²) >= 11 is 0. The third-order valence-corrected chi connectivity index (χ3v) is 7.39. The molecule has 2 heteroatoms. The summed E-state index contributed by atoms with van der Waals surface area (Å²) in [5, 5.41) is 8.78. The lowest BCUT2D eigenvalue weighted by atomic mass is 9.64. The van der Waals surface area contributed by atoms with Crippen molar-refractivity contribution in [3.05, 3.63) is 47.5 Å². The van der Waals surface area contributed by atoms with Gasteiger partial charge in [-0.25, -0.2) is 0 Å². The van der Waals surface area contributed by atoms with Crippen LogP contribution in [0.4, 0.5) is 0 Å². The van der Waals surface area contributed by atoms with Gasteiger partial charge in [0.1, 0.15) is 6.29 Å². The summed E-state index contributed by atoms with van der Waals surface area (Å²) in [6.07, 6.45) is 17.5. The van der Waals surface area contributed by atoms with Crippen LogP contribution in [0.1, 0.15) is 88.2 Å². The van der Waals surface area contributed by atoms with Gasteiger partial charge in [-0.2, -0.15) is 5.26 Å². The summed E-state index contributed by atoms with van der Waals surface area (Å²) in [6, 6.07) is 11.5. The summed E-state index contributed by atoms with van der Waals surface area (Å²) in [7, 11) is 0. The van der Waals surface area contributed by atoms with E-state index in [0.717, 1.165) is 49.7 Å². The molecule has 0 N–H and O–H groups in total. The number of nitrogens with zero attached hydrogens (tertiary/aromatic N) is 1. The zero-order chi connectivity index (χ0) is 19.8. The third kappa shape index (κ3) is 5.13. The maximum absolute atomic E-state index is 11.6. The van der Waals surface area contributed by atoms with E-state index < -0.39 is 0 Å². The van der Waals surface area contributed by atoms with Gasteiger partial charge < -0.3 is 4.79 Å². The topological polar surface area (TPSA) is 40.9 Å². The van der Waals surface area contributed by atoms with E-state index in [4.69, 9.17) is 5.26 Å². The van der Waals surface area contributed by atoms with E-state index in [0.29, 0.717) is 0 Å². The number of rotatable bonds is 7. The first-order valence-corrected chi connectivity index (χ1v) is 11.3. The molecule has 2 fully saturated rings. The lowest BCUT2D eigenvalue weighted by Crippen LogP contribution is -2.31. The van der Waals surface area contributed by atoms with Crippen LogP contribution < -0.4 is 0 Å². The largest absolute Gasteiger partial charge is 0.302 e. The summed E-state index contributed by atoms with van der Waals surface area (Å²) in [6.45, 7) is 2.25. The molecule has 2 aliphatic rings. The number of allylic oxidation sites excluding steroid dienone is 2. The highest BCUT2D eigenvalue weighted by Gasteiger charge is 2.37. The van der Waals surface area contributed by atoms with E-state index in [1.807, 2.05) is 12.1 Å². The van der Waals surface area contributed by atoms with Crippen LogP contribution in [0.15, 0.2) is 36.4 Å². The van der Waals surface area contributed by atoms with Crippen LogP contribution in [0.5, 0.6) is 0 Å². The Morgan fingerprint density at radius 3 is 2.25 bits per heavy atom. The smallest absolute Gasteiger partial charge is 0.129 e. The number of benzene rings is 1. The van der Waals surface area contributed by atoms with Crippen molar-refractivity contribution in [3.63, 3.8) is 0 Å². The predicted molar refractivity (Wildman–Crippen MR) is 115 cm³/mol. The molecule has 0 heterocycles. The van der Waals surface area contributed by atoms with E-state index >= 15 is 0 Å². The van der Waals surface area contributed by atoms with E-state index in [1.54, 1.807) is 0 Å². The molecule has 0 unspecified atom stereocenters. The zero-order valence-electron chi connectivity index (χ0n) is 17.4. The van der Waals surface area contributed by atoms with Crippen LogP contribution in [0, 0.1) is 28.6 Å². The van der Waals surface area contributed by atoms with Crippen LogP contribution >= 0.6 is 0 Å².